The summed E-state index contributed by atoms with van der Waals surface area (Å²) in [7, 11) is 0. The van der Waals surface area contributed by atoms with E-state index in [-0.39, 0.29) is 12.2 Å². The van der Waals surface area contributed by atoms with Gasteiger partial charge in [-0.3, -0.25) is 4.98 Å². The lowest BCUT2D eigenvalue weighted by atomic mass is 10.0. The minimum absolute atomic E-state index is 0.0622. The van der Waals surface area contributed by atoms with E-state index in [1.54, 1.807) is 6.20 Å². The van der Waals surface area contributed by atoms with Crippen LogP contribution in [0.15, 0.2) is 54.8 Å². The van der Waals surface area contributed by atoms with Crippen molar-refractivity contribution in [3.63, 3.8) is 0 Å². The molecule has 5 nitrogen and oxygen atoms in total. The van der Waals surface area contributed by atoms with E-state index in [2.05, 4.69) is 11.6 Å². The summed E-state index contributed by atoms with van der Waals surface area (Å²) in [6.07, 6.45) is 4.68. The van der Waals surface area contributed by atoms with E-state index < -0.39 is 5.97 Å². The van der Waals surface area contributed by atoms with Gasteiger partial charge in [-0.1, -0.05) is 18.7 Å². The summed E-state index contributed by atoms with van der Waals surface area (Å²) in [5.74, 6) is 0.0960. The lowest BCUT2D eigenvalue weighted by Gasteiger charge is -2.13. The second kappa shape index (κ2) is 9.19. The lowest BCUT2D eigenvalue weighted by molar-refractivity contribution is -0.137. The van der Waals surface area contributed by atoms with E-state index in [9.17, 15) is 10.1 Å². The first-order valence-electron chi connectivity index (χ1n) is 8.09. The predicted octanol–water partition coefficient (Wildman–Crippen LogP) is 3.91. The Hall–Kier alpha value is -3.39. The van der Waals surface area contributed by atoms with E-state index in [0.717, 1.165) is 28.1 Å². The first kappa shape index (κ1) is 18.9. The summed E-state index contributed by atoms with van der Waals surface area (Å²) in [4.78, 5) is 16.1. The normalized spacial score (nSPS) is 10.7. The average molecular weight is 348 g/mol. The minimum Gasteiger partial charge on any atom is -0.487 e. The minimum atomic E-state index is -0.668. The fourth-order valence-corrected chi connectivity index (χ4v) is 2.44. The van der Waals surface area contributed by atoms with E-state index >= 15 is 0 Å². The molecule has 0 N–H and O–H groups in total. The topological polar surface area (TPSA) is 72.2 Å². The van der Waals surface area contributed by atoms with Gasteiger partial charge in [-0.05, 0) is 60.9 Å². The molecule has 0 unspecified atom stereocenters. The second-order valence-corrected chi connectivity index (χ2v) is 5.65. The summed E-state index contributed by atoms with van der Waals surface area (Å²) < 4.78 is 10.8. The molecule has 0 amide bonds. The van der Waals surface area contributed by atoms with Crippen LogP contribution in [0.25, 0.3) is 6.08 Å². The van der Waals surface area contributed by atoms with Crippen molar-refractivity contribution in [1.82, 2.24) is 4.98 Å². The van der Waals surface area contributed by atoms with Crippen LogP contribution in [0, 0.1) is 25.2 Å². The zero-order valence-electron chi connectivity index (χ0n) is 14.9. The lowest BCUT2D eigenvalue weighted by Crippen LogP contribution is -2.06. The molecule has 0 bridgehead atoms. The zero-order chi connectivity index (χ0) is 18.9. The number of aromatic nitrogens is 1. The number of nitriles is 1. The van der Waals surface area contributed by atoms with Gasteiger partial charge >= 0.3 is 5.97 Å². The van der Waals surface area contributed by atoms with Gasteiger partial charge < -0.3 is 9.47 Å². The molecule has 5 heteroatoms. The molecular formula is C21H20N2O3. The molecule has 0 aliphatic heterocycles. The Labute approximate surface area is 153 Å². The Balaban J connectivity index is 2.20. The van der Waals surface area contributed by atoms with E-state index in [0.29, 0.717) is 6.61 Å². The van der Waals surface area contributed by atoms with Crippen LogP contribution in [-0.4, -0.2) is 17.6 Å². The number of nitrogens with zero attached hydrogens (tertiary/aromatic N) is 2. The summed E-state index contributed by atoms with van der Waals surface area (Å²) in [6, 6.07) is 11.3. The van der Waals surface area contributed by atoms with Crippen molar-refractivity contribution in [3.05, 3.63) is 77.1 Å². The van der Waals surface area contributed by atoms with E-state index in [1.807, 2.05) is 50.2 Å². The fourth-order valence-electron chi connectivity index (χ4n) is 2.44. The number of pyridine rings is 1. The molecule has 0 saturated carbocycles. The number of carbonyl (C=O) groups is 1. The number of hydrogen-bond donors (Lipinski definition) is 0. The molecule has 0 aliphatic rings. The van der Waals surface area contributed by atoms with Gasteiger partial charge in [0, 0.05) is 6.20 Å². The maximum Gasteiger partial charge on any atom is 0.349 e. The number of rotatable bonds is 7. The van der Waals surface area contributed by atoms with Crippen LogP contribution >= 0.6 is 0 Å². The number of aryl methyl sites for hydroxylation is 2. The van der Waals surface area contributed by atoms with E-state index in [1.165, 1.54) is 12.2 Å². The zero-order valence-corrected chi connectivity index (χ0v) is 14.9. The van der Waals surface area contributed by atoms with Gasteiger partial charge in [-0.25, -0.2) is 4.79 Å². The fraction of sp³-hybridized carbons (Fsp3) is 0.190. The molecule has 0 saturated heterocycles. The molecule has 0 spiro atoms. The van der Waals surface area contributed by atoms with Crippen LogP contribution in [0.1, 0.15) is 22.4 Å². The molecule has 1 heterocycles. The van der Waals surface area contributed by atoms with Gasteiger partial charge in [-0.2, -0.15) is 5.26 Å². The van der Waals surface area contributed by atoms with E-state index in [4.69, 9.17) is 9.47 Å². The summed E-state index contributed by atoms with van der Waals surface area (Å²) >= 11 is 0. The first-order valence-corrected chi connectivity index (χ1v) is 8.09. The molecule has 26 heavy (non-hydrogen) atoms. The molecule has 0 fully saturated rings. The number of hydrogen-bond acceptors (Lipinski definition) is 5. The third-order valence-electron chi connectivity index (χ3n) is 3.56. The highest BCUT2D eigenvalue weighted by molar-refractivity contribution is 5.98. The van der Waals surface area contributed by atoms with Crippen molar-refractivity contribution in [3.8, 4) is 11.8 Å². The Bertz CT molecular complexity index is 842. The molecule has 0 atom stereocenters. The van der Waals surface area contributed by atoms with Crippen LogP contribution in [0.2, 0.25) is 0 Å². The average Bonchev–Trinajstić information content (AvgIpc) is 2.64. The highest BCUT2D eigenvalue weighted by Crippen LogP contribution is 2.26. The molecule has 1 aromatic heterocycles. The molecule has 2 rings (SSSR count). The van der Waals surface area contributed by atoms with Crippen molar-refractivity contribution < 1.29 is 14.3 Å². The molecule has 132 valence electrons. The van der Waals surface area contributed by atoms with Crippen LogP contribution < -0.4 is 4.74 Å². The number of carbonyl (C=O) groups excluding carboxylic acids is 1. The standard InChI is InChI=1S/C21H20N2O3/c1-4-9-25-21(24)18(13-22)12-17-10-15(2)20(16(3)11-17)26-14-19-7-5-6-8-23-19/h4-8,10-12H,1,9,14H2,2-3H3. The predicted molar refractivity (Wildman–Crippen MR) is 99.2 cm³/mol. The summed E-state index contributed by atoms with van der Waals surface area (Å²) in [5, 5.41) is 9.18. The Morgan fingerprint density at radius 1 is 1.31 bits per heavy atom. The Morgan fingerprint density at radius 3 is 2.62 bits per heavy atom. The van der Waals surface area contributed by atoms with Crippen LogP contribution in [0.3, 0.4) is 0 Å². The largest absolute Gasteiger partial charge is 0.487 e. The van der Waals surface area contributed by atoms with Crippen molar-refractivity contribution in [2.75, 3.05) is 6.61 Å². The maximum atomic E-state index is 11.8. The van der Waals surface area contributed by atoms with Gasteiger partial charge in [0.15, 0.2) is 0 Å². The number of ether oxygens (including phenoxy) is 2. The second-order valence-electron chi connectivity index (χ2n) is 5.65. The van der Waals surface area contributed by atoms with Gasteiger partial charge in [0.05, 0.1) is 5.69 Å². The van der Waals surface area contributed by atoms with Crippen LogP contribution in [0.4, 0.5) is 0 Å². The maximum absolute atomic E-state index is 11.8. The SMILES string of the molecule is C=CCOC(=O)C(C#N)=Cc1cc(C)c(OCc2ccccn2)c(C)c1. The van der Waals surface area contributed by atoms with Crippen molar-refractivity contribution in [1.29, 1.82) is 5.26 Å². The molecule has 0 aliphatic carbocycles. The molecule has 1 aromatic carbocycles. The highest BCUT2D eigenvalue weighted by atomic mass is 16.5. The molecule has 0 radical (unpaired) electrons. The smallest absolute Gasteiger partial charge is 0.349 e. The van der Waals surface area contributed by atoms with Gasteiger partial charge in [0.25, 0.3) is 0 Å². The Kier molecular flexibility index (Phi) is 6.69. The third kappa shape index (κ3) is 5.05. The molecule has 2 aromatic rings. The Morgan fingerprint density at radius 2 is 2.04 bits per heavy atom. The quantitative estimate of drug-likeness (QED) is 0.328. The van der Waals surface area contributed by atoms with Crippen LogP contribution in [-0.2, 0) is 16.1 Å². The third-order valence-corrected chi connectivity index (χ3v) is 3.56. The van der Waals surface area contributed by atoms with Crippen LogP contribution in [0.5, 0.6) is 5.75 Å². The molecular weight excluding hydrogens is 328 g/mol. The highest BCUT2D eigenvalue weighted by Gasteiger charge is 2.12. The van der Waals surface area contributed by atoms with Crippen molar-refractivity contribution in [2.45, 2.75) is 20.5 Å². The summed E-state index contributed by atoms with van der Waals surface area (Å²) in [6.45, 7) is 7.75. The van der Waals surface area contributed by atoms with Crippen molar-refractivity contribution >= 4 is 12.0 Å². The monoisotopic (exact) mass is 348 g/mol. The number of benzene rings is 1. The van der Waals surface area contributed by atoms with Crippen molar-refractivity contribution in [2.24, 2.45) is 0 Å². The van der Waals surface area contributed by atoms with Gasteiger partial charge in [0.1, 0.15) is 30.6 Å². The number of esters is 1. The summed E-state index contributed by atoms with van der Waals surface area (Å²) in [5.41, 5.74) is 3.32. The first-order chi connectivity index (χ1) is 12.5. The van der Waals surface area contributed by atoms with Gasteiger partial charge in [-0.15, -0.1) is 0 Å². The van der Waals surface area contributed by atoms with Gasteiger partial charge in [0.2, 0.25) is 0 Å².